The van der Waals surface area contributed by atoms with Gasteiger partial charge < -0.3 is 15.1 Å². The lowest BCUT2D eigenvalue weighted by molar-refractivity contribution is -0.607. The van der Waals surface area contributed by atoms with Gasteiger partial charge in [-0.3, -0.25) is 4.79 Å². The largest absolute Gasteiger partial charge is 0.618 e. The van der Waals surface area contributed by atoms with Crippen LogP contribution in [0.5, 0.6) is 0 Å². The van der Waals surface area contributed by atoms with E-state index in [2.05, 4.69) is 16.8 Å². The fourth-order valence-corrected chi connectivity index (χ4v) is 2.51. The van der Waals surface area contributed by atoms with E-state index >= 15 is 0 Å². The van der Waals surface area contributed by atoms with E-state index in [1.165, 1.54) is 12.3 Å². The zero-order valence-electron chi connectivity index (χ0n) is 12.3. The number of fused-ring (bicyclic) bond motifs is 1. The van der Waals surface area contributed by atoms with Gasteiger partial charge >= 0.3 is 5.91 Å². The zero-order chi connectivity index (χ0) is 15.5. The third-order valence-corrected chi connectivity index (χ3v) is 3.55. The molecule has 2 heterocycles. The molecule has 22 heavy (non-hydrogen) atoms. The molecule has 0 bridgehead atoms. The maximum atomic E-state index is 12.1. The van der Waals surface area contributed by atoms with Crippen LogP contribution in [0.25, 0.3) is 10.9 Å². The van der Waals surface area contributed by atoms with Gasteiger partial charge in [0.05, 0.1) is 0 Å². The van der Waals surface area contributed by atoms with Crippen LogP contribution in [0.4, 0.5) is 5.69 Å². The number of pyridine rings is 1. The van der Waals surface area contributed by atoms with Crippen molar-refractivity contribution in [2.45, 2.75) is 19.9 Å². The SMILES string of the molecule is CCCn1ccc2cc(NC(=O)c3cccc[n+]3[O-])ccc21. The van der Waals surface area contributed by atoms with Crippen molar-refractivity contribution in [1.29, 1.82) is 0 Å². The van der Waals surface area contributed by atoms with Crippen LogP contribution in [0.15, 0.2) is 54.9 Å². The maximum absolute atomic E-state index is 12.1. The van der Waals surface area contributed by atoms with Crippen LogP contribution >= 0.6 is 0 Å². The monoisotopic (exact) mass is 295 g/mol. The van der Waals surface area contributed by atoms with Gasteiger partial charge in [0.15, 0.2) is 6.20 Å². The molecule has 3 rings (SSSR count). The minimum atomic E-state index is -0.414. The van der Waals surface area contributed by atoms with E-state index in [0.717, 1.165) is 23.9 Å². The van der Waals surface area contributed by atoms with Gasteiger partial charge in [-0.25, -0.2) is 0 Å². The van der Waals surface area contributed by atoms with Crippen LogP contribution in [-0.4, -0.2) is 10.5 Å². The summed E-state index contributed by atoms with van der Waals surface area (Å²) in [4.78, 5) is 12.1. The third kappa shape index (κ3) is 2.65. The first-order valence-electron chi connectivity index (χ1n) is 7.27. The Hall–Kier alpha value is -2.82. The first-order valence-corrected chi connectivity index (χ1v) is 7.27. The normalized spacial score (nSPS) is 10.8. The van der Waals surface area contributed by atoms with Crippen LogP contribution in [-0.2, 0) is 6.54 Å². The number of carbonyl (C=O) groups excluding carboxylic acids is 1. The summed E-state index contributed by atoms with van der Waals surface area (Å²) < 4.78 is 2.75. The van der Waals surface area contributed by atoms with Crippen LogP contribution in [0, 0.1) is 5.21 Å². The molecule has 112 valence electrons. The Morgan fingerprint density at radius 1 is 1.27 bits per heavy atom. The Balaban J connectivity index is 1.85. The average molecular weight is 295 g/mol. The van der Waals surface area contributed by atoms with Crippen LogP contribution in [0.3, 0.4) is 0 Å². The van der Waals surface area contributed by atoms with Gasteiger partial charge in [0, 0.05) is 41.5 Å². The summed E-state index contributed by atoms with van der Waals surface area (Å²) in [6.45, 7) is 3.11. The third-order valence-electron chi connectivity index (χ3n) is 3.55. The van der Waals surface area contributed by atoms with Gasteiger partial charge in [-0.2, -0.15) is 4.73 Å². The van der Waals surface area contributed by atoms with Crippen molar-refractivity contribution < 1.29 is 9.52 Å². The molecule has 0 radical (unpaired) electrons. The van der Waals surface area contributed by atoms with Gasteiger partial charge in [-0.1, -0.05) is 6.92 Å². The number of aromatic nitrogens is 2. The van der Waals surface area contributed by atoms with Gasteiger partial charge in [0.1, 0.15) is 0 Å². The molecule has 0 saturated heterocycles. The quantitative estimate of drug-likeness (QED) is 0.594. The molecule has 0 unspecified atom stereocenters. The standard InChI is InChI=1S/C17H17N3O2/c1-2-9-19-11-8-13-12-14(6-7-15(13)19)18-17(21)16-5-3-4-10-20(16)22/h3-8,10-12H,2,9H2,1H3,(H,18,21). The molecule has 0 atom stereocenters. The van der Waals surface area contributed by atoms with Crippen LogP contribution < -0.4 is 10.0 Å². The summed E-state index contributed by atoms with van der Waals surface area (Å²) in [5.41, 5.74) is 1.89. The van der Waals surface area contributed by atoms with Crippen molar-refractivity contribution in [3.8, 4) is 0 Å². The number of nitrogens with one attached hydrogen (secondary N) is 1. The van der Waals surface area contributed by atoms with Crippen LogP contribution in [0.1, 0.15) is 23.8 Å². The number of rotatable bonds is 4. The second kappa shape index (κ2) is 5.89. The molecule has 5 nitrogen and oxygen atoms in total. The fraction of sp³-hybridized carbons (Fsp3) is 0.176. The lowest BCUT2D eigenvalue weighted by Gasteiger charge is -2.07. The molecule has 1 aromatic carbocycles. The highest BCUT2D eigenvalue weighted by Crippen LogP contribution is 2.21. The minimum absolute atomic E-state index is 0.0751. The van der Waals surface area contributed by atoms with E-state index in [0.29, 0.717) is 10.4 Å². The van der Waals surface area contributed by atoms with Crippen molar-refractivity contribution in [1.82, 2.24) is 4.57 Å². The van der Waals surface area contributed by atoms with E-state index < -0.39 is 5.91 Å². The predicted molar refractivity (Wildman–Crippen MR) is 85.6 cm³/mol. The summed E-state index contributed by atoms with van der Waals surface area (Å²) in [6.07, 6.45) is 4.42. The Labute approximate surface area is 128 Å². The van der Waals surface area contributed by atoms with Crippen molar-refractivity contribution in [2.75, 3.05) is 5.32 Å². The molecule has 0 aliphatic heterocycles. The lowest BCUT2D eigenvalue weighted by Crippen LogP contribution is -2.36. The number of benzene rings is 1. The first-order chi connectivity index (χ1) is 10.7. The highest BCUT2D eigenvalue weighted by Gasteiger charge is 2.15. The minimum Gasteiger partial charge on any atom is -0.618 e. The molecule has 1 N–H and O–H groups in total. The summed E-state index contributed by atoms with van der Waals surface area (Å²) in [7, 11) is 0. The van der Waals surface area contributed by atoms with Crippen molar-refractivity contribution in [3.05, 3.63) is 65.8 Å². The van der Waals surface area contributed by atoms with Crippen molar-refractivity contribution in [3.63, 3.8) is 0 Å². The summed E-state index contributed by atoms with van der Waals surface area (Å²) in [5.74, 6) is -0.414. The fourth-order valence-electron chi connectivity index (χ4n) is 2.51. The number of amides is 1. The van der Waals surface area contributed by atoms with Gasteiger partial charge in [-0.15, -0.1) is 0 Å². The van der Waals surface area contributed by atoms with E-state index in [9.17, 15) is 10.0 Å². The number of nitrogens with zero attached hydrogens (tertiary/aromatic N) is 2. The summed E-state index contributed by atoms with van der Waals surface area (Å²) in [6, 6.07) is 12.5. The second-order valence-electron chi connectivity index (χ2n) is 5.15. The Kier molecular flexibility index (Phi) is 3.78. The molecule has 0 spiro atoms. The van der Waals surface area contributed by atoms with Gasteiger partial charge in [0.2, 0.25) is 0 Å². The smallest absolute Gasteiger partial charge is 0.321 e. The Morgan fingerprint density at radius 2 is 2.14 bits per heavy atom. The number of hydrogen-bond donors (Lipinski definition) is 1. The Morgan fingerprint density at radius 3 is 2.91 bits per heavy atom. The first kappa shape index (κ1) is 14.1. The predicted octanol–water partition coefficient (Wildman–Crippen LogP) is 2.94. The van der Waals surface area contributed by atoms with Crippen molar-refractivity contribution in [2.24, 2.45) is 0 Å². The topological polar surface area (TPSA) is 61.0 Å². The molecule has 0 aliphatic carbocycles. The number of hydrogen-bond acceptors (Lipinski definition) is 2. The van der Waals surface area contributed by atoms with E-state index in [1.54, 1.807) is 12.1 Å². The molecule has 1 amide bonds. The number of carbonyl (C=O) groups is 1. The van der Waals surface area contributed by atoms with E-state index in [1.807, 2.05) is 30.5 Å². The van der Waals surface area contributed by atoms with E-state index in [-0.39, 0.29) is 5.69 Å². The molecular weight excluding hydrogens is 278 g/mol. The maximum Gasteiger partial charge on any atom is 0.321 e. The van der Waals surface area contributed by atoms with Gasteiger partial charge in [-0.05, 0) is 36.8 Å². The number of anilines is 1. The molecule has 3 aromatic rings. The summed E-state index contributed by atoms with van der Waals surface area (Å²) >= 11 is 0. The highest BCUT2D eigenvalue weighted by molar-refractivity contribution is 6.02. The Bertz CT molecular complexity index is 824. The van der Waals surface area contributed by atoms with Gasteiger partial charge in [0.25, 0.3) is 5.69 Å². The second-order valence-corrected chi connectivity index (χ2v) is 5.15. The molecule has 5 heteroatoms. The molecule has 0 fully saturated rings. The highest BCUT2D eigenvalue weighted by atomic mass is 16.5. The molecule has 0 aliphatic rings. The summed E-state index contributed by atoms with van der Waals surface area (Å²) in [5, 5.41) is 15.4. The molecular formula is C17H17N3O2. The molecule has 2 aromatic heterocycles. The van der Waals surface area contributed by atoms with Crippen molar-refractivity contribution >= 4 is 22.5 Å². The average Bonchev–Trinajstić information content (AvgIpc) is 2.90. The van der Waals surface area contributed by atoms with Crippen LogP contribution in [0.2, 0.25) is 0 Å². The number of aryl methyl sites for hydroxylation is 1. The van der Waals surface area contributed by atoms with E-state index in [4.69, 9.17) is 0 Å². The lowest BCUT2D eigenvalue weighted by atomic mass is 10.2. The molecule has 0 saturated carbocycles. The zero-order valence-corrected chi connectivity index (χ0v) is 12.3.